The van der Waals surface area contributed by atoms with E-state index in [9.17, 15) is 0 Å². The molecule has 1 heterocycles. The van der Waals surface area contributed by atoms with E-state index >= 15 is 0 Å². The van der Waals surface area contributed by atoms with E-state index in [0.29, 0.717) is 0 Å². The van der Waals surface area contributed by atoms with Crippen molar-refractivity contribution in [2.24, 2.45) is 4.99 Å². The van der Waals surface area contributed by atoms with Crippen LogP contribution < -0.4 is 10.2 Å². The van der Waals surface area contributed by atoms with Crippen LogP contribution in [0.3, 0.4) is 0 Å². The number of para-hydroxylation sites is 1. The number of hydrogen-bond acceptors (Lipinski definition) is 3. The van der Waals surface area contributed by atoms with Gasteiger partial charge in [-0.1, -0.05) is 36.4 Å². The topological polar surface area (TPSA) is 27.6 Å². The number of nitrogens with zero attached hydrogens (tertiary/aromatic N) is 2. The second-order valence-corrected chi connectivity index (χ2v) is 5.69. The van der Waals surface area contributed by atoms with Gasteiger partial charge in [0.05, 0.1) is 12.3 Å². The molecule has 0 amide bonds. The summed E-state index contributed by atoms with van der Waals surface area (Å²) < 4.78 is 0. The average Bonchev–Trinajstić information content (AvgIpc) is 2.74. The summed E-state index contributed by atoms with van der Waals surface area (Å²) in [7, 11) is 2.13. The summed E-state index contributed by atoms with van der Waals surface area (Å²) in [6.07, 6.45) is 4.26. The Morgan fingerprint density at radius 3 is 2.65 bits per heavy atom. The van der Waals surface area contributed by atoms with Crippen LogP contribution in [0.2, 0.25) is 0 Å². The highest BCUT2D eigenvalue weighted by Crippen LogP contribution is 2.23. The molecule has 0 saturated heterocycles. The molecule has 0 saturated carbocycles. The minimum Gasteiger partial charge on any atom is -0.385 e. The molecule has 2 aromatic rings. The fraction of sp³-hybridized carbons (Fsp3) is 0.250. The molecule has 0 radical (unpaired) electrons. The normalized spacial score (nSPS) is 14.3. The van der Waals surface area contributed by atoms with Gasteiger partial charge >= 0.3 is 0 Å². The fourth-order valence-corrected chi connectivity index (χ4v) is 2.78. The first-order valence-electron chi connectivity index (χ1n) is 8.15. The highest BCUT2D eigenvalue weighted by atomic mass is 15.1. The first-order valence-corrected chi connectivity index (χ1v) is 8.15. The van der Waals surface area contributed by atoms with Crippen LogP contribution in [0, 0.1) is 0 Å². The fourth-order valence-electron chi connectivity index (χ4n) is 2.78. The van der Waals surface area contributed by atoms with Crippen molar-refractivity contribution in [1.29, 1.82) is 0 Å². The number of rotatable bonds is 4. The van der Waals surface area contributed by atoms with E-state index in [2.05, 4.69) is 84.9 Å². The van der Waals surface area contributed by atoms with E-state index in [4.69, 9.17) is 4.99 Å². The van der Waals surface area contributed by atoms with Crippen LogP contribution >= 0.6 is 0 Å². The van der Waals surface area contributed by atoms with E-state index in [1.54, 1.807) is 0 Å². The van der Waals surface area contributed by atoms with Crippen LogP contribution in [0.4, 0.5) is 11.4 Å². The number of benzene rings is 2. The quantitative estimate of drug-likeness (QED) is 0.922. The molecule has 0 aliphatic carbocycles. The number of aliphatic imine (C=N–C) groups is 1. The molecule has 1 aliphatic heterocycles. The second kappa shape index (κ2) is 7.14. The van der Waals surface area contributed by atoms with Crippen LogP contribution in [0.5, 0.6) is 0 Å². The third kappa shape index (κ3) is 3.62. The molecule has 0 fully saturated rings. The predicted octanol–water partition coefficient (Wildman–Crippen LogP) is 4.07. The number of allylic oxidation sites excluding steroid dienone is 1. The number of fused-ring (bicyclic) bond motifs is 1. The molecule has 3 heteroatoms. The zero-order valence-corrected chi connectivity index (χ0v) is 13.8. The van der Waals surface area contributed by atoms with Crippen molar-refractivity contribution in [3.8, 4) is 0 Å². The van der Waals surface area contributed by atoms with Gasteiger partial charge in [-0.3, -0.25) is 4.99 Å². The highest BCUT2D eigenvalue weighted by molar-refractivity contribution is 6.14. The highest BCUT2D eigenvalue weighted by Gasteiger charge is 2.13. The molecule has 0 atom stereocenters. The van der Waals surface area contributed by atoms with E-state index in [-0.39, 0.29) is 0 Å². The van der Waals surface area contributed by atoms with E-state index in [0.717, 1.165) is 31.0 Å². The third-order valence-corrected chi connectivity index (χ3v) is 4.03. The van der Waals surface area contributed by atoms with Gasteiger partial charge in [0.15, 0.2) is 0 Å². The Morgan fingerprint density at radius 2 is 1.87 bits per heavy atom. The molecule has 2 aromatic carbocycles. The van der Waals surface area contributed by atoms with Gasteiger partial charge in [-0.15, -0.1) is 0 Å². The van der Waals surface area contributed by atoms with Crippen LogP contribution in [0.1, 0.15) is 18.1 Å². The van der Waals surface area contributed by atoms with Gasteiger partial charge in [-0.25, -0.2) is 0 Å². The lowest BCUT2D eigenvalue weighted by molar-refractivity contribution is 0.897. The minimum absolute atomic E-state index is 0.824. The van der Waals surface area contributed by atoms with Crippen LogP contribution in [-0.2, 0) is 0 Å². The second-order valence-electron chi connectivity index (χ2n) is 5.69. The Morgan fingerprint density at radius 1 is 1.09 bits per heavy atom. The maximum Gasteiger partial charge on any atom is 0.0668 e. The number of benzodiazepines with no additional fused rings is 1. The zero-order chi connectivity index (χ0) is 16.1. The molecule has 0 aromatic heterocycles. The van der Waals surface area contributed by atoms with Gasteiger partial charge < -0.3 is 10.2 Å². The lowest BCUT2D eigenvalue weighted by Gasteiger charge is -2.18. The Balaban J connectivity index is 1.84. The Kier molecular flexibility index (Phi) is 4.77. The van der Waals surface area contributed by atoms with E-state index < -0.39 is 0 Å². The maximum absolute atomic E-state index is 4.75. The first-order chi connectivity index (χ1) is 11.3. The molecule has 118 valence electrons. The van der Waals surface area contributed by atoms with E-state index in [1.165, 1.54) is 16.8 Å². The lowest BCUT2D eigenvalue weighted by atomic mass is 10.1. The van der Waals surface area contributed by atoms with Crippen LogP contribution in [-0.4, -0.2) is 32.4 Å². The van der Waals surface area contributed by atoms with Crippen molar-refractivity contribution >= 4 is 23.2 Å². The molecular weight excluding hydrogens is 282 g/mol. The number of hydrogen-bond donors (Lipinski definition) is 1. The molecule has 1 aliphatic rings. The minimum atomic E-state index is 0.824. The van der Waals surface area contributed by atoms with Gasteiger partial charge in [0.2, 0.25) is 0 Å². The molecule has 3 nitrogen and oxygen atoms in total. The summed E-state index contributed by atoms with van der Waals surface area (Å²) in [4.78, 5) is 7.02. The standard InChI is InChI=1S/C20H23N3/c1-3-21-17-11-8-16(9-12-17)10-13-19-18-6-4-5-7-20(18)23(2)15-14-22-19/h4-13,21H,3,14-15H2,1-2H3/b13-10+. The van der Waals surface area contributed by atoms with E-state index in [1.807, 2.05) is 0 Å². The van der Waals surface area contributed by atoms with Gasteiger partial charge in [0.1, 0.15) is 0 Å². The summed E-state index contributed by atoms with van der Waals surface area (Å²) in [6, 6.07) is 16.9. The maximum atomic E-state index is 4.75. The van der Waals surface area contributed by atoms with Gasteiger partial charge in [0, 0.05) is 37.1 Å². The molecule has 0 bridgehead atoms. The third-order valence-electron chi connectivity index (χ3n) is 4.03. The largest absolute Gasteiger partial charge is 0.385 e. The Bertz CT molecular complexity index is 714. The molecule has 0 spiro atoms. The number of likely N-dealkylation sites (N-methyl/N-ethyl adjacent to an activating group) is 1. The number of nitrogens with one attached hydrogen (secondary N) is 1. The molecule has 3 rings (SSSR count). The van der Waals surface area contributed by atoms with Crippen LogP contribution in [0.15, 0.2) is 59.6 Å². The lowest BCUT2D eigenvalue weighted by Crippen LogP contribution is -2.20. The van der Waals surface area contributed by atoms with Gasteiger partial charge in [-0.2, -0.15) is 0 Å². The summed E-state index contributed by atoms with van der Waals surface area (Å²) in [5.74, 6) is 0. The average molecular weight is 305 g/mol. The van der Waals surface area contributed by atoms with Gasteiger partial charge in [-0.05, 0) is 36.8 Å². The molecular formula is C20H23N3. The van der Waals surface area contributed by atoms with Crippen LogP contribution in [0.25, 0.3) is 6.08 Å². The zero-order valence-electron chi connectivity index (χ0n) is 13.8. The number of anilines is 2. The van der Waals surface area contributed by atoms with Crippen molar-refractivity contribution in [2.45, 2.75) is 6.92 Å². The first kappa shape index (κ1) is 15.3. The van der Waals surface area contributed by atoms with Crippen molar-refractivity contribution < 1.29 is 0 Å². The SMILES string of the molecule is CCNc1ccc(/C=C/C2=NCCN(C)c3ccccc32)cc1. The van der Waals surface area contributed by atoms with Gasteiger partial charge in [0.25, 0.3) is 0 Å². The van der Waals surface area contributed by atoms with Crippen molar-refractivity contribution in [3.05, 3.63) is 65.7 Å². The Hall–Kier alpha value is -2.55. The summed E-state index contributed by atoms with van der Waals surface area (Å²) in [6.45, 7) is 4.82. The predicted molar refractivity (Wildman–Crippen MR) is 101 cm³/mol. The van der Waals surface area contributed by atoms with Crippen molar-refractivity contribution in [3.63, 3.8) is 0 Å². The van der Waals surface area contributed by atoms with Crippen molar-refractivity contribution in [1.82, 2.24) is 0 Å². The molecule has 0 unspecified atom stereocenters. The smallest absolute Gasteiger partial charge is 0.0668 e. The van der Waals surface area contributed by atoms with Crippen molar-refractivity contribution in [2.75, 3.05) is 36.9 Å². The monoisotopic (exact) mass is 305 g/mol. The summed E-state index contributed by atoms with van der Waals surface area (Å²) >= 11 is 0. The summed E-state index contributed by atoms with van der Waals surface area (Å²) in [5, 5.41) is 3.31. The molecule has 23 heavy (non-hydrogen) atoms. The Labute approximate surface area is 138 Å². The molecule has 1 N–H and O–H groups in total. The summed E-state index contributed by atoms with van der Waals surface area (Å²) in [5.41, 5.74) is 5.84.